The van der Waals surface area contributed by atoms with E-state index in [1.54, 1.807) is 36.1 Å². The molecule has 47 heavy (non-hydrogen) atoms. The second kappa shape index (κ2) is 16.0. The van der Waals surface area contributed by atoms with Gasteiger partial charge in [0.15, 0.2) is 0 Å². The van der Waals surface area contributed by atoms with Gasteiger partial charge < -0.3 is 34.4 Å². The molecule has 3 saturated heterocycles. The third kappa shape index (κ3) is 7.17. The van der Waals surface area contributed by atoms with E-state index in [1.165, 1.54) is 12.0 Å². The minimum atomic E-state index is -1.25. The van der Waals surface area contributed by atoms with Gasteiger partial charge in [-0.15, -0.1) is 13.2 Å². The summed E-state index contributed by atoms with van der Waals surface area (Å²) in [5, 5.41) is 13.2. The van der Waals surface area contributed by atoms with Crippen LogP contribution in [0.4, 0.5) is 0 Å². The van der Waals surface area contributed by atoms with Crippen LogP contribution in [-0.2, 0) is 33.4 Å². The fourth-order valence-corrected chi connectivity index (χ4v) is 7.68. The molecule has 1 aromatic rings. The summed E-state index contributed by atoms with van der Waals surface area (Å²) in [4.78, 5) is 59.1. The monoisotopic (exact) mass is 653 g/mol. The molecule has 1 aromatic carbocycles. The van der Waals surface area contributed by atoms with Crippen molar-refractivity contribution in [2.45, 2.75) is 101 Å². The summed E-state index contributed by atoms with van der Waals surface area (Å²) in [5.74, 6) is -3.51. The van der Waals surface area contributed by atoms with E-state index < -0.39 is 59.6 Å². The van der Waals surface area contributed by atoms with Crippen LogP contribution in [0, 0.1) is 11.8 Å². The zero-order valence-corrected chi connectivity index (χ0v) is 28.1. The molecule has 3 heterocycles. The first-order chi connectivity index (χ1) is 22.6. The van der Waals surface area contributed by atoms with Crippen LogP contribution in [0.25, 0.3) is 0 Å². The first kappa shape index (κ1) is 36.3. The Balaban J connectivity index is 1.70. The van der Waals surface area contributed by atoms with Gasteiger partial charge in [0.05, 0.1) is 43.2 Å². The number of nitrogens with zero attached hydrogens (tertiary/aromatic N) is 2. The average Bonchev–Trinajstić information content (AvgIpc) is 3.72. The lowest BCUT2D eigenvalue weighted by Crippen LogP contribution is -2.59. The average molecular weight is 654 g/mol. The highest BCUT2D eigenvalue weighted by Crippen LogP contribution is 2.59. The van der Waals surface area contributed by atoms with Gasteiger partial charge in [-0.2, -0.15) is 0 Å². The Morgan fingerprint density at radius 3 is 2.55 bits per heavy atom. The standard InChI is InChI=1S/C36H51N3O8/c1-7-10-17-28(41)37-26(22-45-6)31(25-15-12-11-13-16-25)46-35(44)29-27-18-19-36(47-27)30(29)33(42)39(24(5)21-40)32(36)34(43)38(20-9-3)23(4)14-8-2/h7,9,11-13,15-16,23-24,26-27,29-32,40H,1,3,8,10,14,17-22H2,2,4-6H3,(H,37,41)/t23?,24-,26-,27-,29+,30+,31-,32-,36+/m1/s1. The molecule has 1 unspecified atom stereocenters. The third-order valence-corrected chi connectivity index (χ3v) is 9.84. The number of allylic oxidation sites excluding steroid dienone is 1. The third-order valence-electron chi connectivity index (χ3n) is 9.84. The molecule has 0 saturated carbocycles. The molecule has 11 heteroatoms. The highest BCUT2D eigenvalue weighted by atomic mass is 16.6. The van der Waals surface area contributed by atoms with Gasteiger partial charge in [-0.3, -0.25) is 19.2 Å². The van der Waals surface area contributed by atoms with E-state index in [0.717, 1.165) is 12.8 Å². The Hall–Kier alpha value is -3.54. The number of likely N-dealkylation sites (tertiary alicyclic amines) is 1. The van der Waals surface area contributed by atoms with Gasteiger partial charge in [0.2, 0.25) is 17.7 Å². The van der Waals surface area contributed by atoms with Crippen LogP contribution in [0.1, 0.15) is 71.0 Å². The summed E-state index contributed by atoms with van der Waals surface area (Å²) < 4.78 is 18.3. The minimum absolute atomic E-state index is 0.0665. The van der Waals surface area contributed by atoms with Crippen LogP contribution in [-0.4, -0.2) is 101 Å². The molecule has 9 atom stereocenters. The Bertz CT molecular complexity index is 1290. The number of fused-ring (bicyclic) bond motifs is 1. The van der Waals surface area contributed by atoms with Crippen LogP contribution < -0.4 is 5.32 Å². The predicted molar refractivity (Wildman–Crippen MR) is 176 cm³/mol. The Morgan fingerprint density at radius 1 is 1.21 bits per heavy atom. The van der Waals surface area contributed by atoms with Crippen LogP contribution in [0.3, 0.4) is 0 Å². The van der Waals surface area contributed by atoms with E-state index in [0.29, 0.717) is 31.4 Å². The number of hydrogen-bond donors (Lipinski definition) is 2. The highest BCUT2D eigenvalue weighted by molar-refractivity contribution is 5.98. The van der Waals surface area contributed by atoms with E-state index in [1.807, 2.05) is 32.0 Å². The maximum atomic E-state index is 14.5. The van der Waals surface area contributed by atoms with Crippen LogP contribution in [0.15, 0.2) is 55.6 Å². The molecule has 3 aliphatic rings. The van der Waals surface area contributed by atoms with E-state index >= 15 is 0 Å². The van der Waals surface area contributed by atoms with Gasteiger partial charge in [0.1, 0.15) is 17.7 Å². The molecule has 0 radical (unpaired) electrons. The van der Waals surface area contributed by atoms with Gasteiger partial charge >= 0.3 is 5.97 Å². The molecule has 3 aliphatic heterocycles. The zero-order valence-electron chi connectivity index (χ0n) is 28.1. The molecule has 2 N–H and O–H groups in total. The molecular weight excluding hydrogens is 602 g/mol. The summed E-state index contributed by atoms with van der Waals surface area (Å²) in [6.07, 6.45) is 4.98. The molecule has 0 aromatic heterocycles. The maximum Gasteiger partial charge on any atom is 0.313 e. The lowest BCUT2D eigenvalue weighted by molar-refractivity contribution is -0.163. The number of nitrogens with one attached hydrogen (secondary N) is 1. The molecular formula is C36H51N3O8. The van der Waals surface area contributed by atoms with Gasteiger partial charge in [0.25, 0.3) is 0 Å². The number of methoxy groups -OCH3 is 1. The molecule has 0 aliphatic carbocycles. The van der Waals surface area contributed by atoms with Gasteiger partial charge in [0, 0.05) is 26.1 Å². The predicted octanol–water partition coefficient (Wildman–Crippen LogP) is 3.33. The van der Waals surface area contributed by atoms with Crippen molar-refractivity contribution in [3.8, 4) is 0 Å². The summed E-state index contributed by atoms with van der Waals surface area (Å²) >= 11 is 0. The molecule has 3 fully saturated rings. The van der Waals surface area contributed by atoms with Crippen molar-refractivity contribution in [1.82, 2.24) is 15.1 Å². The summed E-state index contributed by atoms with van der Waals surface area (Å²) in [6.45, 7) is 13.2. The fraction of sp³-hybridized carbons (Fsp3) is 0.611. The second-order valence-electron chi connectivity index (χ2n) is 13.0. The lowest BCUT2D eigenvalue weighted by atomic mass is 9.70. The van der Waals surface area contributed by atoms with Crippen molar-refractivity contribution in [2.75, 3.05) is 26.9 Å². The number of aliphatic hydroxyl groups excluding tert-OH is 1. The first-order valence-corrected chi connectivity index (χ1v) is 16.8. The van der Waals surface area contributed by atoms with Crippen molar-refractivity contribution in [3.05, 3.63) is 61.2 Å². The summed E-state index contributed by atoms with van der Waals surface area (Å²) in [7, 11) is 1.50. The zero-order chi connectivity index (χ0) is 34.3. The normalized spacial score (nSPS) is 27.0. The smallest absolute Gasteiger partial charge is 0.313 e. The summed E-state index contributed by atoms with van der Waals surface area (Å²) in [6, 6.07) is 6.55. The largest absolute Gasteiger partial charge is 0.455 e. The molecule has 1 spiro atoms. The number of ether oxygens (including phenoxy) is 3. The van der Waals surface area contributed by atoms with Crippen molar-refractivity contribution < 1.29 is 38.5 Å². The van der Waals surface area contributed by atoms with Crippen molar-refractivity contribution in [2.24, 2.45) is 11.8 Å². The second-order valence-corrected chi connectivity index (χ2v) is 13.0. The molecule has 3 amide bonds. The van der Waals surface area contributed by atoms with Gasteiger partial charge in [-0.1, -0.05) is 55.8 Å². The van der Waals surface area contributed by atoms with Crippen LogP contribution in [0.2, 0.25) is 0 Å². The number of aliphatic hydroxyl groups is 1. The molecule has 11 nitrogen and oxygen atoms in total. The number of rotatable bonds is 18. The number of hydrogen-bond acceptors (Lipinski definition) is 8. The Kier molecular flexibility index (Phi) is 12.4. The van der Waals surface area contributed by atoms with Crippen molar-refractivity contribution in [3.63, 3.8) is 0 Å². The highest BCUT2D eigenvalue weighted by Gasteiger charge is 2.75. The Morgan fingerprint density at radius 2 is 1.94 bits per heavy atom. The number of esters is 1. The fourth-order valence-electron chi connectivity index (χ4n) is 7.68. The van der Waals surface area contributed by atoms with E-state index in [4.69, 9.17) is 14.2 Å². The van der Waals surface area contributed by atoms with Gasteiger partial charge in [-0.05, 0) is 45.1 Å². The minimum Gasteiger partial charge on any atom is -0.455 e. The number of carbonyl (C=O) groups is 4. The molecule has 258 valence electrons. The van der Waals surface area contributed by atoms with E-state index in [2.05, 4.69) is 18.5 Å². The number of benzene rings is 1. The number of amides is 3. The van der Waals surface area contributed by atoms with E-state index in [-0.39, 0.29) is 37.5 Å². The topological polar surface area (TPSA) is 135 Å². The van der Waals surface area contributed by atoms with Crippen molar-refractivity contribution >= 4 is 23.7 Å². The quantitative estimate of drug-likeness (QED) is 0.182. The van der Waals surface area contributed by atoms with Crippen LogP contribution in [0.5, 0.6) is 0 Å². The SMILES string of the molecule is C=CCCC(=O)N[C@H](COC)[C@H](OC(=O)[C@@H]1[C@H]2C(=O)N([C@H](C)CO)[C@H](C(=O)N(CC=C)C(C)CCC)[C@]23CC[C@H]1O3)c1ccccc1. The maximum absolute atomic E-state index is 14.5. The van der Waals surface area contributed by atoms with E-state index in [9.17, 15) is 24.3 Å². The molecule has 2 bridgehead atoms. The van der Waals surface area contributed by atoms with Crippen LogP contribution >= 0.6 is 0 Å². The number of carbonyl (C=O) groups excluding carboxylic acids is 4. The Labute approximate surface area is 278 Å². The van der Waals surface area contributed by atoms with Crippen molar-refractivity contribution in [1.29, 1.82) is 0 Å². The molecule has 4 rings (SSSR count). The van der Waals surface area contributed by atoms with Gasteiger partial charge in [-0.25, -0.2) is 0 Å². The summed E-state index contributed by atoms with van der Waals surface area (Å²) in [5.41, 5.74) is -0.596. The first-order valence-electron chi connectivity index (χ1n) is 16.8. The lowest BCUT2D eigenvalue weighted by Gasteiger charge is -2.40.